The van der Waals surface area contributed by atoms with Gasteiger partial charge in [0.2, 0.25) is 5.90 Å². The second-order valence-electron chi connectivity index (χ2n) is 7.26. The molecule has 2 rings (SSSR count). The molecule has 1 aliphatic heterocycles. The zero-order valence-electron chi connectivity index (χ0n) is 16.9. The van der Waals surface area contributed by atoms with Crippen molar-refractivity contribution in [3.05, 3.63) is 66.4 Å². The van der Waals surface area contributed by atoms with Gasteiger partial charge in [0.05, 0.1) is 0 Å². The Kier molecular flexibility index (Phi) is 7.81. The van der Waals surface area contributed by atoms with Crippen LogP contribution in [0.3, 0.4) is 0 Å². The van der Waals surface area contributed by atoms with Gasteiger partial charge < -0.3 is 21.1 Å². The predicted molar refractivity (Wildman–Crippen MR) is 114 cm³/mol. The lowest BCUT2D eigenvalue weighted by molar-refractivity contribution is 0.264. The molecule has 6 heteroatoms. The maximum atomic E-state index is 13.4. The van der Waals surface area contributed by atoms with E-state index < -0.39 is 0 Å². The molecule has 1 unspecified atom stereocenters. The fraction of sp³-hybridized carbons (Fsp3) is 0.409. The van der Waals surface area contributed by atoms with E-state index in [-0.39, 0.29) is 17.1 Å². The minimum atomic E-state index is -0.382. The zero-order valence-corrected chi connectivity index (χ0v) is 16.9. The highest BCUT2D eigenvalue weighted by molar-refractivity contribution is 5.90. The molecule has 5 nitrogen and oxygen atoms in total. The molecular weight excluding hydrogens is 355 g/mol. The first-order valence-electron chi connectivity index (χ1n) is 9.62. The number of nitrogens with one attached hydrogen (secondary N) is 2. The number of piperidine rings is 1. The molecule has 0 saturated carbocycles. The minimum Gasteiger partial charge on any atom is -0.439 e. The van der Waals surface area contributed by atoms with Crippen molar-refractivity contribution in [2.75, 3.05) is 19.6 Å². The molecule has 1 atom stereocenters. The Morgan fingerprint density at radius 2 is 2.29 bits per heavy atom. The summed E-state index contributed by atoms with van der Waals surface area (Å²) < 4.78 is 19.1. The van der Waals surface area contributed by atoms with Crippen LogP contribution in [0.5, 0.6) is 5.75 Å². The second kappa shape index (κ2) is 10.1. The molecule has 28 heavy (non-hydrogen) atoms. The number of nitrogens with two attached hydrogens (primary N) is 1. The van der Waals surface area contributed by atoms with Gasteiger partial charge in [-0.1, -0.05) is 38.1 Å². The van der Waals surface area contributed by atoms with Crippen LogP contribution >= 0.6 is 0 Å². The Morgan fingerprint density at radius 1 is 1.50 bits per heavy atom. The van der Waals surface area contributed by atoms with E-state index >= 15 is 0 Å². The molecule has 1 aliphatic rings. The van der Waals surface area contributed by atoms with E-state index in [4.69, 9.17) is 10.5 Å². The normalized spacial score (nSPS) is 20.8. The van der Waals surface area contributed by atoms with E-state index in [0.29, 0.717) is 23.8 Å². The van der Waals surface area contributed by atoms with Crippen LogP contribution in [0.1, 0.15) is 33.1 Å². The number of halogens is 1. The Morgan fingerprint density at radius 3 is 2.93 bits per heavy atom. The summed E-state index contributed by atoms with van der Waals surface area (Å²) in [5, 5.41) is 6.77. The summed E-state index contributed by atoms with van der Waals surface area (Å²) in [7, 11) is 0. The van der Waals surface area contributed by atoms with Crippen molar-refractivity contribution in [1.29, 1.82) is 0 Å². The molecule has 0 bridgehead atoms. The molecule has 0 amide bonds. The van der Waals surface area contributed by atoms with E-state index in [1.165, 1.54) is 17.7 Å². The molecule has 1 heterocycles. The number of rotatable bonds is 8. The van der Waals surface area contributed by atoms with Gasteiger partial charge in [0.15, 0.2) is 0 Å². The van der Waals surface area contributed by atoms with Gasteiger partial charge in [0.1, 0.15) is 17.4 Å². The van der Waals surface area contributed by atoms with Crippen LogP contribution in [0.15, 0.2) is 65.6 Å². The molecule has 1 aromatic rings. The number of aliphatic imine (C=N–C) groups is 1. The maximum absolute atomic E-state index is 13.4. The SMILES string of the molecule is C=C(/N=C(\C=C(\C)N)Oc1cccc(F)c1)NCC1(CCC)CNCCC1=C. The topological polar surface area (TPSA) is 71.7 Å². The van der Waals surface area contributed by atoms with Gasteiger partial charge in [-0.2, -0.15) is 4.99 Å². The van der Waals surface area contributed by atoms with Gasteiger partial charge in [-0.15, -0.1) is 0 Å². The highest BCUT2D eigenvalue weighted by atomic mass is 19.1. The summed E-state index contributed by atoms with van der Waals surface area (Å²) in [4.78, 5) is 4.40. The number of benzene rings is 1. The van der Waals surface area contributed by atoms with Crippen molar-refractivity contribution < 1.29 is 9.13 Å². The van der Waals surface area contributed by atoms with Crippen LogP contribution in [0.2, 0.25) is 0 Å². The van der Waals surface area contributed by atoms with Crippen LogP contribution in [0, 0.1) is 11.2 Å². The van der Waals surface area contributed by atoms with Gasteiger partial charge in [-0.05, 0) is 38.4 Å². The van der Waals surface area contributed by atoms with Gasteiger partial charge in [0, 0.05) is 36.3 Å². The molecule has 1 saturated heterocycles. The molecule has 0 radical (unpaired) electrons. The van der Waals surface area contributed by atoms with Crippen molar-refractivity contribution in [3.63, 3.8) is 0 Å². The van der Waals surface area contributed by atoms with E-state index in [1.807, 2.05) is 0 Å². The van der Waals surface area contributed by atoms with Gasteiger partial charge in [-0.25, -0.2) is 4.39 Å². The smallest absolute Gasteiger partial charge is 0.222 e. The lowest BCUT2D eigenvalue weighted by Gasteiger charge is -2.40. The number of nitrogens with zero attached hydrogens (tertiary/aromatic N) is 1. The van der Waals surface area contributed by atoms with Gasteiger partial charge in [-0.3, -0.25) is 0 Å². The fourth-order valence-corrected chi connectivity index (χ4v) is 3.35. The van der Waals surface area contributed by atoms with Crippen LogP contribution in [-0.2, 0) is 0 Å². The average molecular weight is 387 g/mol. The van der Waals surface area contributed by atoms with E-state index in [0.717, 1.165) is 32.4 Å². The lowest BCUT2D eigenvalue weighted by atomic mass is 9.73. The quantitative estimate of drug-likeness (QED) is 0.360. The average Bonchev–Trinajstić information content (AvgIpc) is 2.62. The molecule has 0 aliphatic carbocycles. The molecule has 0 spiro atoms. The Bertz CT molecular complexity index is 764. The summed E-state index contributed by atoms with van der Waals surface area (Å²) in [6.07, 6.45) is 4.67. The molecule has 0 aromatic heterocycles. The Labute approximate surface area is 167 Å². The van der Waals surface area contributed by atoms with Crippen LogP contribution < -0.4 is 21.1 Å². The molecular formula is C22H31FN4O. The number of allylic oxidation sites excluding steroid dienone is 1. The minimum absolute atomic E-state index is 0.0192. The first-order chi connectivity index (χ1) is 13.3. The Balaban J connectivity index is 2.11. The molecule has 4 N–H and O–H groups in total. The predicted octanol–water partition coefficient (Wildman–Crippen LogP) is 3.86. The third kappa shape index (κ3) is 6.23. The summed E-state index contributed by atoms with van der Waals surface area (Å²) in [5.41, 5.74) is 7.54. The van der Waals surface area contributed by atoms with E-state index in [2.05, 4.69) is 35.7 Å². The van der Waals surface area contributed by atoms with Crippen LogP contribution in [0.4, 0.5) is 4.39 Å². The van der Waals surface area contributed by atoms with E-state index in [1.54, 1.807) is 25.1 Å². The Hall–Kier alpha value is -2.60. The van der Waals surface area contributed by atoms with Crippen LogP contribution in [-0.4, -0.2) is 25.5 Å². The lowest BCUT2D eigenvalue weighted by Crippen LogP contribution is -2.47. The molecule has 1 aromatic carbocycles. The summed E-state index contributed by atoms with van der Waals surface area (Å²) in [5.74, 6) is 0.662. The highest BCUT2D eigenvalue weighted by Crippen LogP contribution is 2.35. The third-order valence-corrected chi connectivity index (χ3v) is 4.79. The number of hydrogen-bond donors (Lipinski definition) is 3. The van der Waals surface area contributed by atoms with Crippen LogP contribution in [0.25, 0.3) is 0 Å². The van der Waals surface area contributed by atoms with Crippen molar-refractivity contribution in [3.8, 4) is 5.75 Å². The monoisotopic (exact) mass is 386 g/mol. The standard InChI is InChI=1S/C22H31FN4O/c1-5-10-22(14-25-11-9-16(22)2)15-26-18(4)27-21(12-17(3)24)28-20-8-6-7-19(23)13-20/h6-8,12-13,25-26H,2,4-5,9-11,14-15,24H2,1,3H3/b17-12-,27-21+. The van der Waals surface area contributed by atoms with Gasteiger partial charge >= 0.3 is 0 Å². The summed E-state index contributed by atoms with van der Waals surface area (Å²) in [6, 6.07) is 5.87. The summed E-state index contributed by atoms with van der Waals surface area (Å²) in [6.45, 7) is 14.7. The highest BCUT2D eigenvalue weighted by Gasteiger charge is 2.34. The first kappa shape index (κ1) is 21.7. The molecule has 1 fully saturated rings. The van der Waals surface area contributed by atoms with Crippen molar-refractivity contribution in [1.82, 2.24) is 10.6 Å². The summed E-state index contributed by atoms with van der Waals surface area (Å²) >= 11 is 0. The largest absolute Gasteiger partial charge is 0.439 e. The van der Waals surface area contributed by atoms with Crippen molar-refractivity contribution in [2.45, 2.75) is 33.1 Å². The number of ether oxygens (including phenoxy) is 1. The number of hydrogen-bond acceptors (Lipinski definition) is 5. The third-order valence-electron chi connectivity index (χ3n) is 4.79. The fourth-order valence-electron chi connectivity index (χ4n) is 3.35. The van der Waals surface area contributed by atoms with Crippen molar-refractivity contribution in [2.24, 2.45) is 16.1 Å². The van der Waals surface area contributed by atoms with Crippen molar-refractivity contribution >= 4 is 5.90 Å². The maximum Gasteiger partial charge on any atom is 0.222 e. The first-order valence-corrected chi connectivity index (χ1v) is 9.62. The molecule has 152 valence electrons. The second-order valence-corrected chi connectivity index (χ2v) is 7.26. The van der Waals surface area contributed by atoms with E-state index in [9.17, 15) is 4.39 Å². The van der Waals surface area contributed by atoms with Gasteiger partial charge in [0.25, 0.3) is 0 Å². The zero-order chi connectivity index (χ0) is 20.6.